The van der Waals surface area contributed by atoms with Crippen LogP contribution in [0, 0.1) is 0 Å². The number of amides is 1. The monoisotopic (exact) mass is 478 g/mol. The molecule has 1 aliphatic heterocycles. The van der Waals surface area contributed by atoms with Crippen LogP contribution >= 0.6 is 0 Å². The third-order valence-electron chi connectivity index (χ3n) is 6.65. The average Bonchev–Trinajstić information content (AvgIpc) is 3.11. The molecule has 1 N–H and O–H groups in total. The molecule has 1 unspecified atom stereocenters. The van der Waals surface area contributed by atoms with E-state index in [0.29, 0.717) is 30.4 Å². The normalized spacial score (nSPS) is 17.6. The van der Waals surface area contributed by atoms with E-state index in [-0.39, 0.29) is 11.3 Å². The lowest BCUT2D eigenvalue weighted by molar-refractivity contribution is -0.140. The first kappa shape index (κ1) is 26.5. The van der Waals surface area contributed by atoms with E-state index < -0.39 is 17.7 Å². The summed E-state index contributed by atoms with van der Waals surface area (Å²) in [5.41, 5.74) is 2.58. The van der Waals surface area contributed by atoms with Gasteiger partial charge in [-0.25, -0.2) is 0 Å². The molecule has 1 fully saturated rings. The van der Waals surface area contributed by atoms with E-state index in [1.165, 1.54) is 5.56 Å². The molecular formula is C29H38N2O4. The minimum atomic E-state index is -0.648. The Bertz CT molecular complexity index is 1050. The van der Waals surface area contributed by atoms with Crippen molar-refractivity contribution < 1.29 is 19.4 Å². The predicted octanol–water partition coefficient (Wildman–Crippen LogP) is 5.36. The van der Waals surface area contributed by atoms with Gasteiger partial charge in [-0.1, -0.05) is 64.1 Å². The summed E-state index contributed by atoms with van der Waals surface area (Å²) in [7, 11) is 0. The van der Waals surface area contributed by atoms with E-state index in [1.807, 2.05) is 31.2 Å². The summed E-state index contributed by atoms with van der Waals surface area (Å²) in [6.07, 6.45) is 0.745. The summed E-state index contributed by atoms with van der Waals surface area (Å²) in [6, 6.07) is 14.4. The van der Waals surface area contributed by atoms with Gasteiger partial charge < -0.3 is 19.6 Å². The molecule has 1 atom stereocenters. The Hall–Kier alpha value is -3.12. The molecule has 0 saturated carbocycles. The molecule has 6 heteroatoms. The van der Waals surface area contributed by atoms with Crippen LogP contribution in [0.1, 0.15) is 69.7 Å². The zero-order valence-corrected chi connectivity index (χ0v) is 21.6. The van der Waals surface area contributed by atoms with Crippen molar-refractivity contribution in [2.75, 3.05) is 32.8 Å². The van der Waals surface area contributed by atoms with Gasteiger partial charge in [0.2, 0.25) is 0 Å². The van der Waals surface area contributed by atoms with Gasteiger partial charge in [-0.05, 0) is 62.2 Å². The third-order valence-corrected chi connectivity index (χ3v) is 6.65. The molecular weight excluding hydrogens is 440 g/mol. The van der Waals surface area contributed by atoms with Gasteiger partial charge in [0.15, 0.2) is 0 Å². The summed E-state index contributed by atoms with van der Waals surface area (Å²) in [5, 5.41) is 11.3. The molecule has 0 radical (unpaired) electrons. The molecule has 1 heterocycles. The Labute approximate surface area is 209 Å². The largest absolute Gasteiger partial charge is 0.507 e. The standard InChI is InChI=1S/C29H38N2O4/c1-6-30(7-2)17-10-18-31-26(22-15-13-21(14-16-22)20(4)5)25(28(33)29(31)34)27(32)23-11-9-12-24(19-23)35-8-3/h9,11-16,19-20,26,32H,6-8,10,17-18H2,1-5H3. The number of carbonyl (C=O) groups is 2. The van der Waals surface area contributed by atoms with Crippen molar-refractivity contribution in [3.8, 4) is 5.75 Å². The Morgan fingerprint density at radius 1 is 1.06 bits per heavy atom. The van der Waals surface area contributed by atoms with Crippen molar-refractivity contribution in [2.45, 2.75) is 53.0 Å². The van der Waals surface area contributed by atoms with Crippen molar-refractivity contribution >= 4 is 17.4 Å². The molecule has 0 spiro atoms. The molecule has 188 valence electrons. The molecule has 35 heavy (non-hydrogen) atoms. The third kappa shape index (κ3) is 5.93. The second-order valence-corrected chi connectivity index (χ2v) is 9.16. The van der Waals surface area contributed by atoms with Gasteiger partial charge in [0.1, 0.15) is 11.5 Å². The second kappa shape index (κ2) is 12.0. The van der Waals surface area contributed by atoms with Gasteiger partial charge >= 0.3 is 0 Å². The summed E-state index contributed by atoms with van der Waals surface area (Å²) in [6.45, 7) is 14.0. The molecule has 0 bridgehead atoms. The predicted molar refractivity (Wildman–Crippen MR) is 140 cm³/mol. The van der Waals surface area contributed by atoms with Gasteiger partial charge in [-0.15, -0.1) is 0 Å². The Morgan fingerprint density at radius 2 is 1.74 bits per heavy atom. The summed E-state index contributed by atoms with van der Waals surface area (Å²) >= 11 is 0. The van der Waals surface area contributed by atoms with Gasteiger partial charge in [0.25, 0.3) is 11.7 Å². The summed E-state index contributed by atoms with van der Waals surface area (Å²) in [5.74, 6) is -0.419. The number of rotatable bonds is 11. The fourth-order valence-electron chi connectivity index (χ4n) is 4.58. The number of carbonyl (C=O) groups excluding carboxylic acids is 2. The van der Waals surface area contributed by atoms with Crippen LogP contribution in [0.5, 0.6) is 5.75 Å². The van der Waals surface area contributed by atoms with Crippen LogP contribution in [0.3, 0.4) is 0 Å². The number of likely N-dealkylation sites (tertiary alicyclic amines) is 1. The smallest absolute Gasteiger partial charge is 0.295 e. The average molecular weight is 479 g/mol. The minimum Gasteiger partial charge on any atom is -0.507 e. The first-order valence-electron chi connectivity index (χ1n) is 12.7. The number of Topliss-reactive ketones (excluding diaryl/α,β-unsaturated/α-hetero) is 1. The molecule has 0 aromatic heterocycles. The highest BCUT2D eigenvalue weighted by Crippen LogP contribution is 2.40. The molecule has 6 nitrogen and oxygen atoms in total. The zero-order chi connectivity index (χ0) is 25.5. The van der Waals surface area contributed by atoms with E-state index in [4.69, 9.17) is 4.74 Å². The van der Waals surface area contributed by atoms with Crippen molar-refractivity contribution in [1.29, 1.82) is 0 Å². The van der Waals surface area contributed by atoms with Gasteiger partial charge in [0, 0.05) is 12.1 Å². The number of aliphatic hydroxyl groups is 1. The highest BCUT2D eigenvalue weighted by Gasteiger charge is 2.45. The quantitative estimate of drug-likeness (QED) is 0.267. The molecule has 1 amide bonds. The number of ether oxygens (including phenoxy) is 1. The topological polar surface area (TPSA) is 70.1 Å². The maximum atomic E-state index is 13.3. The highest BCUT2D eigenvalue weighted by atomic mass is 16.5. The van der Waals surface area contributed by atoms with Crippen molar-refractivity contribution in [3.05, 3.63) is 70.8 Å². The highest BCUT2D eigenvalue weighted by molar-refractivity contribution is 6.46. The molecule has 1 aliphatic rings. The minimum absolute atomic E-state index is 0.129. The maximum Gasteiger partial charge on any atom is 0.295 e. The Kier molecular flexibility index (Phi) is 9.10. The number of hydrogen-bond acceptors (Lipinski definition) is 5. The number of hydrogen-bond donors (Lipinski definition) is 1. The SMILES string of the molecule is CCOc1cccc(C(O)=C2C(=O)C(=O)N(CCCN(CC)CC)C2c2ccc(C(C)C)cc2)c1. The van der Waals surface area contributed by atoms with Crippen molar-refractivity contribution in [2.24, 2.45) is 0 Å². The van der Waals surface area contributed by atoms with Crippen LogP contribution in [0.2, 0.25) is 0 Å². The van der Waals surface area contributed by atoms with Crippen LogP contribution in [0.25, 0.3) is 5.76 Å². The van der Waals surface area contributed by atoms with Gasteiger partial charge in [-0.2, -0.15) is 0 Å². The van der Waals surface area contributed by atoms with E-state index in [0.717, 1.165) is 31.6 Å². The lowest BCUT2D eigenvalue weighted by Gasteiger charge is -2.27. The van der Waals surface area contributed by atoms with Crippen LogP contribution in [0.4, 0.5) is 0 Å². The van der Waals surface area contributed by atoms with Gasteiger partial charge in [0.05, 0.1) is 18.2 Å². The first-order chi connectivity index (χ1) is 16.8. The van der Waals surface area contributed by atoms with E-state index >= 15 is 0 Å². The van der Waals surface area contributed by atoms with Crippen LogP contribution in [-0.4, -0.2) is 59.4 Å². The lowest BCUT2D eigenvalue weighted by Crippen LogP contribution is -2.33. The van der Waals surface area contributed by atoms with Crippen molar-refractivity contribution in [1.82, 2.24) is 9.80 Å². The van der Waals surface area contributed by atoms with Crippen molar-refractivity contribution in [3.63, 3.8) is 0 Å². The molecule has 1 saturated heterocycles. The molecule has 0 aliphatic carbocycles. The Balaban J connectivity index is 2.04. The number of benzene rings is 2. The molecule has 2 aromatic carbocycles. The molecule has 3 rings (SSSR count). The maximum absolute atomic E-state index is 13.3. The fourth-order valence-corrected chi connectivity index (χ4v) is 4.58. The van der Waals surface area contributed by atoms with Crippen LogP contribution < -0.4 is 4.74 Å². The summed E-state index contributed by atoms with van der Waals surface area (Å²) < 4.78 is 5.57. The number of nitrogens with zero attached hydrogens (tertiary/aromatic N) is 2. The second-order valence-electron chi connectivity index (χ2n) is 9.16. The van der Waals surface area contributed by atoms with Crippen LogP contribution in [0.15, 0.2) is 54.1 Å². The lowest BCUT2D eigenvalue weighted by atomic mass is 9.93. The Morgan fingerprint density at radius 3 is 2.34 bits per heavy atom. The summed E-state index contributed by atoms with van der Waals surface area (Å²) in [4.78, 5) is 30.4. The number of ketones is 1. The first-order valence-corrected chi connectivity index (χ1v) is 12.7. The molecule has 2 aromatic rings. The van der Waals surface area contributed by atoms with E-state index in [2.05, 4.69) is 32.6 Å². The van der Waals surface area contributed by atoms with Gasteiger partial charge in [-0.3, -0.25) is 9.59 Å². The zero-order valence-electron chi connectivity index (χ0n) is 21.6. The fraction of sp³-hybridized carbons (Fsp3) is 0.448. The van der Waals surface area contributed by atoms with Crippen LogP contribution in [-0.2, 0) is 9.59 Å². The number of aliphatic hydroxyl groups excluding tert-OH is 1. The van der Waals surface area contributed by atoms with E-state index in [1.54, 1.807) is 29.2 Å². The van der Waals surface area contributed by atoms with E-state index in [9.17, 15) is 14.7 Å².